The second-order valence-electron chi connectivity index (χ2n) is 7.43. The van der Waals surface area contributed by atoms with Gasteiger partial charge in [-0.2, -0.15) is 0 Å². The maximum atomic E-state index is 12.8. The van der Waals surface area contributed by atoms with Gasteiger partial charge >= 0.3 is 5.97 Å². The van der Waals surface area contributed by atoms with Gasteiger partial charge in [0.1, 0.15) is 0 Å². The van der Waals surface area contributed by atoms with E-state index in [9.17, 15) is 23.1 Å². The van der Waals surface area contributed by atoms with Crippen molar-refractivity contribution in [2.24, 2.45) is 11.3 Å². The predicted molar refractivity (Wildman–Crippen MR) is 96.7 cm³/mol. The van der Waals surface area contributed by atoms with Crippen LogP contribution in [0.25, 0.3) is 0 Å². The van der Waals surface area contributed by atoms with Gasteiger partial charge in [-0.3, -0.25) is 9.59 Å². The minimum absolute atomic E-state index is 0.0117. The Morgan fingerprint density at radius 3 is 2.54 bits per heavy atom. The van der Waals surface area contributed by atoms with E-state index < -0.39 is 21.2 Å². The van der Waals surface area contributed by atoms with Gasteiger partial charge in [-0.05, 0) is 49.4 Å². The molecular weight excluding hydrogens is 354 g/mol. The Balaban J connectivity index is 1.74. The normalized spacial score (nSPS) is 25.3. The summed E-state index contributed by atoms with van der Waals surface area (Å²) in [5.41, 5.74) is -0.404. The van der Waals surface area contributed by atoms with E-state index in [1.54, 1.807) is 4.90 Å². The second kappa shape index (κ2) is 7.02. The molecule has 2 fully saturated rings. The van der Waals surface area contributed by atoms with Crippen LogP contribution in [0.4, 0.5) is 0 Å². The van der Waals surface area contributed by atoms with Crippen LogP contribution >= 0.6 is 0 Å². The first-order chi connectivity index (χ1) is 12.3. The second-order valence-corrected chi connectivity index (χ2v) is 9.54. The van der Waals surface area contributed by atoms with E-state index >= 15 is 0 Å². The molecular formula is C19H25NO5S. The van der Waals surface area contributed by atoms with Crippen LogP contribution in [-0.2, 0) is 14.6 Å². The zero-order valence-electron chi connectivity index (χ0n) is 15.0. The van der Waals surface area contributed by atoms with Gasteiger partial charge in [-0.25, -0.2) is 8.42 Å². The fraction of sp³-hybridized carbons (Fsp3) is 0.579. The van der Waals surface area contributed by atoms with Crippen LogP contribution in [0.1, 0.15) is 49.4 Å². The highest BCUT2D eigenvalue weighted by atomic mass is 32.2. The number of benzene rings is 1. The number of aliphatic carboxylic acids is 1. The third-order valence-corrected chi connectivity index (χ3v) is 7.63. The predicted octanol–water partition coefficient (Wildman–Crippen LogP) is 2.59. The standard InChI is InChI=1S/C19H25NO5S/c1-2-3-11-26(24,25)16-8-6-14(7-9-16)17(21)20-12-15-5-4-10-19(15,13-20)18(22)23/h6-9,15H,2-5,10-13H2,1H3,(H,22,23)/t15-,19+/m0/s1. The highest BCUT2D eigenvalue weighted by molar-refractivity contribution is 7.91. The van der Waals surface area contributed by atoms with Crippen LogP contribution in [-0.4, -0.2) is 49.1 Å². The summed E-state index contributed by atoms with van der Waals surface area (Å²) in [6.07, 6.45) is 3.76. The summed E-state index contributed by atoms with van der Waals surface area (Å²) in [7, 11) is -3.32. The van der Waals surface area contributed by atoms with Crippen LogP contribution in [0.15, 0.2) is 29.2 Å². The van der Waals surface area contributed by atoms with Crippen molar-refractivity contribution in [3.8, 4) is 0 Å². The summed E-state index contributed by atoms with van der Waals surface area (Å²) in [4.78, 5) is 26.3. The highest BCUT2D eigenvalue weighted by Gasteiger charge is 2.55. The van der Waals surface area contributed by atoms with E-state index in [0.29, 0.717) is 24.9 Å². The van der Waals surface area contributed by atoms with Gasteiger partial charge in [0.15, 0.2) is 9.84 Å². The molecule has 1 saturated carbocycles. The number of carboxylic acid groups (broad SMARTS) is 1. The van der Waals surface area contributed by atoms with Gasteiger partial charge in [0, 0.05) is 18.7 Å². The summed E-state index contributed by atoms with van der Waals surface area (Å²) < 4.78 is 24.4. The first-order valence-electron chi connectivity index (χ1n) is 9.15. The summed E-state index contributed by atoms with van der Waals surface area (Å²) in [6.45, 7) is 2.64. The van der Waals surface area contributed by atoms with Crippen molar-refractivity contribution < 1.29 is 23.1 Å². The number of sulfone groups is 1. The van der Waals surface area contributed by atoms with E-state index in [-0.39, 0.29) is 29.0 Å². The molecule has 1 aromatic rings. The number of hydrogen-bond acceptors (Lipinski definition) is 4. The fourth-order valence-corrected chi connectivity index (χ4v) is 5.69. The monoisotopic (exact) mass is 379 g/mol. The van der Waals surface area contributed by atoms with E-state index in [0.717, 1.165) is 19.3 Å². The number of amides is 1. The first kappa shape index (κ1) is 18.9. The lowest BCUT2D eigenvalue weighted by atomic mass is 9.81. The van der Waals surface area contributed by atoms with Crippen molar-refractivity contribution in [1.82, 2.24) is 4.90 Å². The van der Waals surface area contributed by atoms with Gasteiger partial charge < -0.3 is 10.0 Å². The molecule has 0 aromatic heterocycles. The Bertz CT molecular complexity index is 802. The molecule has 2 aliphatic rings. The van der Waals surface area contributed by atoms with Crippen molar-refractivity contribution in [1.29, 1.82) is 0 Å². The molecule has 1 saturated heterocycles. The minimum atomic E-state index is -3.32. The number of unbranched alkanes of at least 4 members (excludes halogenated alkanes) is 1. The third kappa shape index (κ3) is 3.24. The summed E-state index contributed by atoms with van der Waals surface area (Å²) >= 11 is 0. The SMILES string of the molecule is CCCCS(=O)(=O)c1ccc(C(=O)N2C[C@@H]3CCC[C@@]3(C(=O)O)C2)cc1. The summed E-state index contributed by atoms with van der Waals surface area (Å²) in [5, 5.41) is 9.64. The van der Waals surface area contributed by atoms with E-state index in [1.165, 1.54) is 24.3 Å². The zero-order valence-corrected chi connectivity index (χ0v) is 15.8. The molecule has 3 rings (SSSR count). The fourth-order valence-electron chi connectivity index (χ4n) is 4.23. The Labute approximate surface area is 154 Å². The molecule has 0 bridgehead atoms. The van der Waals surface area contributed by atoms with E-state index in [2.05, 4.69) is 0 Å². The minimum Gasteiger partial charge on any atom is -0.481 e. The van der Waals surface area contributed by atoms with Crippen molar-refractivity contribution in [3.05, 3.63) is 29.8 Å². The zero-order chi connectivity index (χ0) is 18.9. The van der Waals surface area contributed by atoms with Gasteiger partial charge in [0.25, 0.3) is 5.91 Å². The molecule has 0 spiro atoms. The lowest BCUT2D eigenvalue weighted by molar-refractivity contribution is -0.149. The van der Waals surface area contributed by atoms with E-state index in [1.807, 2.05) is 6.92 Å². The Morgan fingerprint density at radius 2 is 1.96 bits per heavy atom. The van der Waals surface area contributed by atoms with Crippen LogP contribution in [0.2, 0.25) is 0 Å². The number of hydrogen-bond donors (Lipinski definition) is 1. The number of fused-ring (bicyclic) bond motifs is 1. The molecule has 1 heterocycles. The molecule has 1 amide bonds. The Hall–Kier alpha value is -1.89. The molecule has 1 aromatic carbocycles. The molecule has 26 heavy (non-hydrogen) atoms. The van der Waals surface area contributed by atoms with Gasteiger partial charge in [-0.1, -0.05) is 19.8 Å². The molecule has 7 heteroatoms. The van der Waals surface area contributed by atoms with Crippen molar-refractivity contribution >= 4 is 21.7 Å². The maximum absolute atomic E-state index is 12.8. The van der Waals surface area contributed by atoms with Crippen LogP contribution < -0.4 is 0 Å². The number of rotatable bonds is 6. The molecule has 142 valence electrons. The van der Waals surface area contributed by atoms with Gasteiger partial charge in [-0.15, -0.1) is 0 Å². The molecule has 0 unspecified atom stereocenters. The van der Waals surface area contributed by atoms with Crippen molar-refractivity contribution in [2.75, 3.05) is 18.8 Å². The summed E-state index contributed by atoms with van der Waals surface area (Å²) in [6, 6.07) is 6.01. The van der Waals surface area contributed by atoms with Gasteiger partial charge in [0.05, 0.1) is 16.1 Å². The van der Waals surface area contributed by atoms with Crippen molar-refractivity contribution in [3.63, 3.8) is 0 Å². The average molecular weight is 379 g/mol. The smallest absolute Gasteiger partial charge is 0.311 e. The lowest BCUT2D eigenvalue weighted by Gasteiger charge is -2.23. The number of likely N-dealkylation sites (tertiary alicyclic amines) is 1. The van der Waals surface area contributed by atoms with Crippen molar-refractivity contribution in [2.45, 2.75) is 43.9 Å². The average Bonchev–Trinajstić information content (AvgIpc) is 3.18. The van der Waals surface area contributed by atoms with E-state index in [4.69, 9.17) is 0 Å². The first-order valence-corrected chi connectivity index (χ1v) is 10.8. The third-order valence-electron chi connectivity index (χ3n) is 5.81. The van der Waals surface area contributed by atoms with Crippen LogP contribution in [0.3, 0.4) is 0 Å². The number of carboxylic acids is 1. The number of carbonyl (C=O) groups is 2. The Kier molecular flexibility index (Phi) is 5.10. The topological polar surface area (TPSA) is 91.8 Å². The van der Waals surface area contributed by atoms with Gasteiger partial charge in [0.2, 0.25) is 0 Å². The molecule has 1 N–H and O–H groups in total. The molecule has 2 atom stereocenters. The Morgan fingerprint density at radius 1 is 1.27 bits per heavy atom. The number of carbonyl (C=O) groups excluding carboxylic acids is 1. The molecule has 1 aliphatic carbocycles. The molecule has 1 aliphatic heterocycles. The quantitative estimate of drug-likeness (QED) is 0.820. The summed E-state index contributed by atoms with van der Waals surface area (Å²) in [5.74, 6) is -0.922. The maximum Gasteiger partial charge on any atom is 0.311 e. The van der Waals surface area contributed by atoms with Crippen LogP contribution in [0, 0.1) is 11.3 Å². The number of nitrogens with zero attached hydrogens (tertiary/aromatic N) is 1. The van der Waals surface area contributed by atoms with Crippen LogP contribution in [0.5, 0.6) is 0 Å². The highest BCUT2D eigenvalue weighted by Crippen LogP contribution is 2.49. The lowest BCUT2D eigenvalue weighted by Crippen LogP contribution is -2.37. The molecule has 0 radical (unpaired) electrons. The largest absolute Gasteiger partial charge is 0.481 e. The molecule has 6 nitrogen and oxygen atoms in total.